The first-order chi connectivity index (χ1) is 10.2. The number of hydrogen-bond acceptors (Lipinski definition) is 4. The highest BCUT2D eigenvalue weighted by molar-refractivity contribution is 5.90. The van der Waals surface area contributed by atoms with E-state index in [4.69, 9.17) is 4.74 Å². The molecule has 2 rings (SSSR count). The summed E-state index contributed by atoms with van der Waals surface area (Å²) in [5.74, 6) is -0.0252. The molecule has 0 spiro atoms. The van der Waals surface area contributed by atoms with Gasteiger partial charge in [-0.15, -0.1) is 0 Å². The van der Waals surface area contributed by atoms with Gasteiger partial charge in [0.05, 0.1) is 23.8 Å². The van der Waals surface area contributed by atoms with E-state index in [2.05, 4.69) is 11.4 Å². The predicted molar refractivity (Wildman–Crippen MR) is 80.8 cm³/mol. The minimum Gasteiger partial charge on any atom is -0.463 e. The summed E-state index contributed by atoms with van der Waals surface area (Å²) in [6.07, 6.45) is 8.78. The van der Waals surface area contributed by atoms with Crippen LogP contribution in [0.5, 0.6) is 0 Å². The second-order valence-electron chi connectivity index (χ2n) is 5.84. The van der Waals surface area contributed by atoms with Crippen LogP contribution in [0.4, 0.5) is 0 Å². The van der Waals surface area contributed by atoms with E-state index in [0.29, 0.717) is 23.7 Å². The Hall–Kier alpha value is -1.76. The Morgan fingerprint density at radius 3 is 2.62 bits per heavy atom. The number of nitriles is 1. The Morgan fingerprint density at radius 1 is 1.38 bits per heavy atom. The minimum absolute atomic E-state index is 0.103. The zero-order valence-corrected chi connectivity index (χ0v) is 12.9. The van der Waals surface area contributed by atoms with Gasteiger partial charge in [-0.05, 0) is 32.6 Å². The van der Waals surface area contributed by atoms with Crippen LogP contribution in [0.3, 0.4) is 0 Å². The van der Waals surface area contributed by atoms with Crippen molar-refractivity contribution in [2.45, 2.75) is 52.4 Å². The van der Waals surface area contributed by atoms with Gasteiger partial charge in [-0.25, -0.2) is 4.79 Å². The van der Waals surface area contributed by atoms with Gasteiger partial charge in [-0.3, -0.25) is 0 Å². The molecule has 21 heavy (non-hydrogen) atoms. The molecule has 1 saturated carbocycles. The average Bonchev–Trinajstić information content (AvgIpc) is 2.75. The maximum absolute atomic E-state index is 12.2. The number of dihydropyridines is 1. The van der Waals surface area contributed by atoms with Crippen LogP contribution in [-0.4, -0.2) is 12.6 Å². The smallest absolute Gasteiger partial charge is 0.336 e. The lowest BCUT2D eigenvalue weighted by Gasteiger charge is -2.31. The molecule has 0 aromatic heterocycles. The fourth-order valence-electron chi connectivity index (χ4n) is 3.43. The maximum Gasteiger partial charge on any atom is 0.336 e. The molecule has 1 aliphatic carbocycles. The monoisotopic (exact) mass is 288 g/mol. The van der Waals surface area contributed by atoms with Crippen molar-refractivity contribution in [1.29, 1.82) is 5.26 Å². The van der Waals surface area contributed by atoms with Crippen LogP contribution in [0.25, 0.3) is 0 Å². The molecule has 4 nitrogen and oxygen atoms in total. The Kier molecular flexibility index (Phi) is 5.44. The maximum atomic E-state index is 12.2. The van der Waals surface area contributed by atoms with Gasteiger partial charge in [0.1, 0.15) is 0 Å². The third kappa shape index (κ3) is 3.47. The number of ether oxygens (including phenoxy) is 1. The molecule has 0 amide bonds. The first kappa shape index (κ1) is 15.6. The molecular formula is C17H24N2O2. The van der Waals surface area contributed by atoms with Crippen LogP contribution >= 0.6 is 0 Å². The van der Waals surface area contributed by atoms with Gasteiger partial charge in [0.2, 0.25) is 0 Å². The molecule has 0 bridgehead atoms. The topological polar surface area (TPSA) is 62.1 Å². The first-order valence-corrected chi connectivity index (χ1v) is 7.93. The van der Waals surface area contributed by atoms with Gasteiger partial charge in [-0.2, -0.15) is 5.26 Å². The molecular weight excluding hydrogens is 264 g/mol. The van der Waals surface area contributed by atoms with Crippen molar-refractivity contribution in [2.75, 3.05) is 6.61 Å². The van der Waals surface area contributed by atoms with E-state index in [-0.39, 0.29) is 11.9 Å². The fourth-order valence-corrected chi connectivity index (χ4v) is 3.43. The SMILES string of the molecule is CCOC(=O)C1=CNC(C)=C(C#N)[C@H]1C1CCCCCC1. The van der Waals surface area contributed by atoms with Crippen molar-refractivity contribution in [3.8, 4) is 6.07 Å². The number of rotatable bonds is 3. The Morgan fingerprint density at radius 2 is 2.05 bits per heavy atom. The third-order valence-electron chi connectivity index (χ3n) is 4.50. The van der Waals surface area contributed by atoms with E-state index in [9.17, 15) is 10.1 Å². The summed E-state index contributed by atoms with van der Waals surface area (Å²) in [6.45, 7) is 4.07. The van der Waals surface area contributed by atoms with Crippen molar-refractivity contribution in [3.05, 3.63) is 23.0 Å². The fraction of sp³-hybridized carbons (Fsp3) is 0.647. The van der Waals surface area contributed by atoms with Gasteiger partial charge < -0.3 is 10.1 Å². The lowest BCUT2D eigenvalue weighted by Crippen LogP contribution is -2.31. The number of nitrogens with one attached hydrogen (secondary N) is 1. The molecule has 0 saturated heterocycles. The molecule has 1 heterocycles. The molecule has 0 aromatic carbocycles. The van der Waals surface area contributed by atoms with Crippen molar-refractivity contribution in [1.82, 2.24) is 5.32 Å². The molecule has 1 N–H and O–H groups in total. The van der Waals surface area contributed by atoms with Crippen LogP contribution in [0, 0.1) is 23.2 Å². The molecule has 0 radical (unpaired) electrons. The lowest BCUT2D eigenvalue weighted by molar-refractivity contribution is -0.139. The van der Waals surface area contributed by atoms with E-state index in [1.54, 1.807) is 6.20 Å². The van der Waals surface area contributed by atoms with E-state index in [1.165, 1.54) is 25.7 Å². The highest BCUT2D eigenvalue weighted by Crippen LogP contribution is 2.39. The van der Waals surface area contributed by atoms with Crippen LogP contribution in [0.15, 0.2) is 23.0 Å². The number of esters is 1. The predicted octanol–water partition coefficient (Wildman–Crippen LogP) is 3.42. The minimum atomic E-state index is -0.292. The van der Waals surface area contributed by atoms with E-state index in [1.807, 2.05) is 13.8 Å². The molecule has 1 atom stereocenters. The van der Waals surface area contributed by atoms with E-state index in [0.717, 1.165) is 18.5 Å². The van der Waals surface area contributed by atoms with Gasteiger partial charge in [-0.1, -0.05) is 25.7 Å². The average molecular weight is 288 g/mol. The van der Waals surface area contributed by atoms with E-state index < -0.39 is 0 Å². The van der Waals surface area contributed by atoms with E-state index >= 15 is 0 Å². The Balaban J connectivity index is 2.31. The molecule has 1 aliphatic heterocycles. The normalized spacial score (nSPS) is 23.7. The van der Waals surface area contributed by atoms with Crippen LogP contribution < -0.4 is 5.32 Å². The zero-order chi connectivity index (χ0) is 15.2. The second-order valence-corrected chi connectivity index (χ2v) is 5.84. The standard InChI is InChI=1S/C17H24N2O2/c1-3-21-17(20)15-11-19-12(2)14(10-18)16(15)13-8-6-4-5-7-9-13/h11,13,16,19H,3-9H2,1-2H3/t16-/m1/s1. The second kappa shape index (κ2) is 7.31. The molecule has 2 aliphatic rings. The van der Waals surface area contributed by atoms with Crippen LogP contribution in [0.2, 0.25) is 0 Å². The van der Waals surface area contributed by atoms with Crippen molar-refractivity contribution < 1.29 is 9.53 Å². The quantitative estimate of drug-likeness (QED) is 0.638. The first-order valence-electron chi connectivity index (χ1n) is 7.93. The lowest BCUT2D eigenvalue weighted by atomic mass is 9.75. The number of carbonyl (C=O) groups excluding carboxylic acids is 1. The molecule has 4 heteroatoms. The summed E-state index contributed by atoms with van der Waals surface area (Å²) in [7, 11) is 0. The highest BCUT2D eigenvalue weighted by atomic mass is 16.5. The Labute approximate surface area is 126 Å². The summed E-state index contributed by atoms with van der Waals surface area (Å²) in [5, 5.41) is 12.6. The van der Waals surface area contributed by atoms with Crippen molar-refractivity contribution in [3.63, 3.8) is 0 Å². The number of nitrogens with zero attached hydrogens (tertiary/aromatic N) is 1. The molecule has 114 valence electrons. The highest BCUT2D eigenvalue weighted by Gasteiger charge is 2.36. The van der Waals surface area contributed by atoms with Gasteiger partial charge in [0.25, 0.3) is 0 Å². The number of carbonyl (C=O) groups is 1. The number of allylic oxidation sites excluding steroid dienone is 2. The summed E-state index contributed by atoms with van der Waals surface area (Å²) < 4.78 is 5.18. The van der Waals surface area contributed by atoms with Gasteiger partial charge in [0.15, 0.2) is 0 Å². The summed E-state index contributed by atoms with van der Waals surface area (Å²) in [5.41, 5.74) is 2.18. The largest absolute Gasteiger partial charge is 0.463 e. The third-order valence-corrected chi connectivity index (χ3v) is 4.50. The van der Waals surface area contributed by atoms with Gasteiger partial charge >= 0.3 is 5.97 Å². The number of hydrogen-bond donors (Lipinski definition) is 1. The Bertz CT molecular complexity index is 491. The zero-order valence-electron chi connectivity index (χ0n) is 12.9. The molecule has 0 aromatic rings. The van der Waals surface area contributed by atoms with Crippen LogP contribution in [0.1, 0.15) is 52.4 Å². The van der Waals surface area contributed by atoms with Crippen molar-refractivity contribution in [2.24, 2.45) is 11.8 Å². The van der Waals surface area contributed by atoms with Crippen LogP contribution in [-0.2, 0) is 9.53 Å². The summed E-state index contributed by atoms with van der Waals surface area (Å²) in [4.78, 5) is 12.2. The van der Waals surface area contributed by atoms with Gasteiger partial charge in [0, 0.05) is 17.8 Å². The summed E-state index contributed by atoms with van der Waals surface area (Å²) in [6, 6.07) is 2.32. The molecule has 0 unspecified atom stereocenters. The molecule has 1 fully saturated rings. The summed E-state index contributed by atoms with van der Waals surface area (Å²) >= 11 is 0. The van der Waals surface area contributed by atoms with Crippen molar-refractivity contribution >= 4 is 5.97 Å².